The standard InChI is InChI=1S/C30H36N4O5Si/c1-28(2,3)40(20-12-8-6-9-13-20,21-14-10-7-11-15-21)36-18-23-25-26(39-29(4,5)38-25)30(35,37-23)24-17-16-22-27(31)32-19-33-34(22)24/h6-17,19,23,25-26,35H,18H2,1-5H3,(H2,31,32,33)/t23-,25-,26?,30?/m1/s1. The van der Waals surface area contributed by atoms with Gasteiger partial charge < -0.3 is 29.5 Å². The molecule has 4 heterocycles. The van der Waals surface area contributed by atoms with E-state index in [0.717, 1.165) is 10.4 Å². The van der Waals surface area contributed by atoms with Gasteiger partial charge in [0.05, 0.1) is 6.61 Å². The van der Waals surface area contributed by atoms with Crippen molar-refractivity contribution >= 4 is 30.0 Å². The third-order valence-electron chi connectivity index (χ3n) is 7.94. The molecule has 6 rings (SSSR count). The van der Waals surface area contributed by atoms with E-state index in [1.54, 1.807) is 16.6 Å². The first kappa shape index (κ1) is 27.1. The Kier molecular flexibility index (Phi) is 6.41. The summed E-state index contributed by atoms with van der Waals surface area (Å²) < 4.78 is 27.8. The zero-order valence-electron chi connectivity index (χ0n) is 23.4. The van der Waals surface area contributed by atoms with Crippen LogP contribution in [0.2, 0.25) is 5.04 Å². The Bertz CT molecular complexity index is 1470. The number of rotatable bonds is 6. The number of aliphatic hydroxyl groups is 1. The highest BCUT2D eigenvalue weighted by atomic mass is 28.4. The molecule has 2 aliphatic rings. The van der Waals surface area contributed by atoms with Crippen LogP contribution < -0.4 is 16.1 Å². The summed E-state index contributed by atoms with van der Waals surface area (Å²) in [4.78, 5) is 4.06. The number of aromatic nitrogens is 3. The molecule has 2 aromatic heterocycles. The first-order chi connectivity index (χ1) is 19.0. The fraction of sp³-hybridized carbons (Fsp3) is 0.400. The highest BCUT2D eigenvalue weighted by Gasteiger charge is 2.65. The molecule has 2 aromatic carbocycles. The van der Waals surface area contributed by atoms with Gasteiger partial charge in [-0.25, -0.2) is 9.50 Å². The van der Waals surface area contributed by atoms with Crippen molar-refractivity contribution in [1.82, 2.24) is 14.6 Å². The summed E-state index contributed by atoms with van der Waals surface area (Å²) in [6.07, 6.45) is -0.670. The van der Waals surface area contributed by atoms with Crippen molar-refractivity contribution in [3.63, 3.8) is 0 Å². The molecule has 0 amide bonds. The monoisotopic (exact) mass is 560 g/mol. The van der Waals surface area contributed by atoms with Crippen molar-refractivity contribution in [2.75, 3.05) is 12.3 Å². The lowest BCUT2D eigenvalue weighted by Gasteiger charge is -2.43. The summed E-state index contributed by atoms with van der Waals surface area (Å²) in [6.45, 7) is 10.5. The van der Waals surface area contributed by atoms with Crippen molar-refractivity contribution in [2.45, 2.75) is 69.5 Å². The molecule has 0 radical (unpaired) electrons. The van der Waals surface area contributed by atoms with E-state index in [-0.39, 0.29) is 11.6 Å². The number of hydrogen-bond donors (Lipinski definition) is 2. The van der Waals surface area contributed by atoms with Crippen LogP contribution in [0.15, 0.2) is 79.1 Å². The number of nitrogen functional groups attached to an aromatic ring is 1. The van der Waals surface area contributed by atoms with Crippen LogP contribution in [0.5, 0.6) is 0 Å². The smallest absolute Gasteiger partial charge is 0.261 e. The summed E-state index contributed by atoms with van der Waals surface area (Å²) in [5, 5.41) is 18.6. The van der Waals surface area contributed by atoms with Crippen molar-refractivity contribution in [2.24, 2.45) is 0 Å². The second kappa shape index (κ2) is 9.47. The minimum absolute atomic E-state index is 0.191. The lowest BCUT2D eigenvalue weighted by Crippen LogP contribution is -2.67. The quantitative estimate of drug-likeness (QED) is 0.346. The molecule has 0 aliphatic carbocycles. The van der Waals surface area contributed by atoms with Gasteiger partial charge in [0.25, 0.3) is 8.32 Å². The zero-order chi connectivity index (χ0) is 28.3. The Morgan fingerprint density at radius 2 is 1.57 bits per heavy atom. The summed E-state index contributed by atoms with van der Waals surface area (Å²) in [5.41, 5.74) is 7.03. The predicted molar refractivity (Wildman–Crippen MR) is 154 cm³/mol. The Labute approximate surface area is 235 Å². The Morgan fingerprint density at radius 1 is 0.950 bits per heavy atom. The van der Waals surface area contributed by atoms with Crippen LogP contribution in [-0.4, -0.2) is 58.7 Å². The van der Waals surface area contributed by atoms with Crippen LogP contribution in [0.25, 0.3) is 5.52 Å². The summed E-state index contributed by atoms with van der Waals surface area (Å²) >= 11 is 0. The molecule has 3 N–H and O–H groups in total. The van der Waals surface area contributed by atoms with E-state index >= 15 is 0 Å². The van der Waals surface area contributed by atoms with Gasteiger partial charge in [0.1, 0.15) is 35.8 Å². The second-order valence-corrected chi connectivity index (χ2v) is 16.3. The van der Waals surface area contributed by atoms with Gasteiger partial charge in [0, 0.05) is 0 Å². The van der Waals surface area contributed by atoms with Gasteiger partial charge >= 0.3 is 0 Å². The molecule has 0 bridgehead atoms. The minimum atomic E-state index is -2.86. The molecule has 210 valence electrons. The number of anilines is 1. The lowest BCUT2D eigenvalue weighted by atomic mass is 10.0. The van der Waals surface area contributed by atoms with Crippen LogP contribution in [0.1, 0.15) is 40.3 Å². The molecule has 4 aromatic rings. The summed E-state index contributed by atoms with van der Waals surface area (Å²) in [7, 11) is -2.86. The second-order valence-electron chi connectivity index (χ2n) is 12.0. The van der Waals surface area contributed by atoms with E-state index in [9.17, 15) is 5.11 Å². The highest BCUT2D eigenvalue weighted by Crippen LogP contribution is 2.48. The molecular formula is C30H36N4O5Si. The number of benzene rings is 2. The third-order valence-corrected chi connectivity index (χ3v) is 12.9. The number of hydrogen-bond acceptors (Lipinski definition) is 8. The van der Waals surface area contributed by atoms with E-state index < -0.39 is 38.2 Å². The van der Waals surface area contributed by atoms with Gasteiger partial charge in [-0.15, -0.1) is 0 Å². The van der Waals surface area contributed by atoms with Crippen LogP contribution in [0.4, 0.5) is 5.82 Å². The fourth-order valence-electron chi connectivity index (χ4n) is 6.26. The van der Waals surface area contributed by atoms with Crippen LogP contribution >= 0.6 is 0 Å². The largest absolute Gasteiger partial charge is 0.405 e. The zero-order valence-corrected chi connectivity index (χ0v) is 24.4. The first-order valence-corrected chi connectivity index (χ1v) is 15.5. The Hall–Kier alpha value is -3.12. The highest BCUT2D eigenvalue weighted by molar-refractivity contribution is 6.99. The molecule has 2 saturated heterocycles. The van der Waals surface area contributed by atoms with E-state index in [2.05, 4.69) is 79.4 Å². The molecule has 4 atom stereocenters. The van der Waals surface area contributed by atoms with Gasteiger partial charge in [0.15, 0.2) is 11.6 Å². The maximum atomic E-state index is 12.1. The molecule has 0 spiro atoms. The molecule has 40 heavy (non-hydrogen) atoms. The fourth-order valence-corrected chi connectivity index (χ4v) is 10.8. The van der Waals surface area contributed by atoms with E-state index in [4.69, 9.17) is 24.4 Å². The third kappa shape index (κ3) is 4.18. The Morgan fingerprint density at radius 3 is 2.17 bits per heavy atom. The normalized spacial score (nSPS) is 26.3. The van der Waals surface area contributed by atoms with Gasteiger partial charge in [-0.1, -0.05) is 81.4 Å². The summed E-state index contributed by atoms with van der Waals surface area (Å²) in [6, 6.07) is 24.3. The molecule has 2 unspecified atom stereocenters. The Balaban J connectivity index is 1.41. The molecule has 2 aliphatic heterocycles. The SMILES string of the molecule is CC1(C)OC2[C@H](O1)[C@@H](CO[Si](c1ccccc1)(c1ccccc1)C(C)(C)C)OC2(O)c1ccc2c(N)ncnn12. The minimum Gasteiger partial charge on any atom is -0.405 e. The van der Waals surface area contributed by atoms with Gasteiger partial charge in [-0.2, -0.15) is 5.10 Å². The van der Waals surface area contributed by atoms with Gasteiger partial charge in [-0.05, 0) is 41.4 Å². The van der Waals surface area contributed by atoms with E-state index in [1.165, 1.54) is 6.33 Å². The van der Waals surface area contributed by atoms with E-state index in [0.29, 0.717) is 17.0 Å². The summed E-state index contributed by atoms with van der Waals surface area (Å²) in [5.74, 6) is -2.48. The molecule has 0 saturated carbocycles. The van der Waals surface area contributed by atoms with Crippen LogP contribution in [0, 0.1) is 0 Å². The lowest BCUT2D eigenvalue weighted by molar-refractivity contribution is -0.285. The number of nitrogens with two attached hydrogens (primary N) is 1. The van der Waals surface area contributed by atoms with Gasteiger partial charge in [-0.3, -0.25) is 0 Å². The number of fused-ring (bicyclic) bond motifs is 2. The molecule has 2 fully saturated rings. The average molecular weight is 561 g/mol. The predicted octanol–water partition coefficient (Wildman–Crippen LogP) is 2.95. The first-order valence-electron chi connectivity index (χ1n) is 13.6. The van der Waals surface area contributed by atoms with Crippen molar-refractivity contribution in [3.8, 4) is 0 Å². The molecular weight excluding hydrogens is 524 g/mol. The van der Waals surface area contributed by atoms with Crippen LogP contribution in [-0.2, 0) is 24.4 Å². The van der Waals surface area contributed by atoms with Crippen molar-refractivity contribution in [1.29, 1.82) is 0 Å². The molecule has 10 heteroatoms. The van der Waals surface area contributed by atoms with Crippen molar-refractivity contribution in [3.05, 3.63) is 84.8 Å². The van der Waals surface area contributed by atoms with E-state index in [1.807, 2.05) is 26.0 Å². The number of nitrogens with zero attached hydrogens (tertiary/aromatic N) is 3. The molecule has 9 nitrogen and oxygen atoms in total. The maximum absolute atomic E-state index is 12.1. The van der Waals surface area contributed by atoms with Crippen LogP contribution in [0.3, 0.4) is 0 Å². The average Bonchev–Trinajstić information content (AvgIpc) is 3.57. The topological polar surface area (TPSA) is 113 Å². The number of ether oxygens (including phenoxy) is 3. The van der Waals surface area contributed by atoms with Gasteiger partial charge in [0.2, 0.25) is 5.79 Å². The van der Waals surface area contributed by atoms with Crippen molar-refractivity contribution < 1.29 is 23.7 Å². The maximum Gasteiger partial charge on any atom is 0.261 e.